The largest absolute Gasteiger partial charge is 0.479 e. The number of aliphatic carboxylic acids is 1. The molecule has 0 aliphatic heterocycles. The SMILES string of the molecule is CCCCC(Oc1c(I)cc(I)c(N(Cc2ccccc2)C(C)=O)c1I)C(=O)O. The molecule has 0 aromatic heterocycles. The Bertz CT molecular complexity index is 874. The van der Waals surface area contributed by atoms with Crippen LogP contribution in [0.2, 0.25) is 0 Å². The molecule has 1 amide bonds. The molecule has 1 atom stereocenters. The molecular formula is C21H22I3NO4. The quantitative estimate of drug-likeness (QED) is 0.318. The lowest BCUT2D eigenvalue weighted by atomic mass is 10.1. The maximum Gasteiger partial charge on any atom is 0.344 e. The van der Waals surface area contributed by atoms with Gasteiger partial charge in [-0.1, -0.05) is 43.7 Å². The van der Waals surface area contributed by atoms with Crippen molar-refractivity contribution in [1.29, 1.82) is 0 Å². The predicted octanol–water partition coefficient (Wildman–Crippen LogP) is 6.08. The molecule has 0 saturated heterocycles. The molecular weight excluding hydrogens is 711 g/mol. The van der Waals surface area contributed by atoms with E-state index >= 15 is 0 Å². The van der Waals surface area contributed by atoms with Crippen molar-refractivity contribution in [2.24, 2.45) is 0 Å². The Balaban J connectivity index is 2.47. The molecule has 0 bridgehead atoms. The Hall–Kier alpha value is -0.630. The first-order valence-electron chi connectivity index (χ1n) is 9.15. The number of unbranched alkanes of at least 4 members (excludes halogenated alkanes) is 1. The molecule has 0 saturated carbocycles. The monoisotopic (exact) mass is 733 g/mol. The molecule has 29 heavy (non-hydrogen) atoms. The number of ether oxygens (including phenoxy) is 1. The topological polar surface area (TPSA) is 66.8 Å². The molecule has 0 aliphatic carbocycles. The standard InChI is InChI=1S/C21H22I3NO4/c1-3-4-10-17(21(27)28)29-20-16(23)11-15(22)19(18(20)24)25(13(2)26)12-14-8-6-5-7-9-14/h5-9,11,17H,3-4,10,12H2,1-2H3,(H,27,28). The number of carbonyl (C=O) groups is 2. The molecule has 2 rings (SSSR count). The summed E-state index contributed by atoms with van der Waals surface area (Å²) in [5, 5.41) is 9.56. The van der Waals surface area contributed by atoms with Crippen molar-refractivity contribution in [1.82, 2.24) is 0 Å². The number of carboxylic acid groups (broad SMARTS) is 1. The molecule has 0 aliphatic rings. The summed E-state index contributed by atoms with van der Waals surface area (Å²) in [5.74, 6) is -0.542. The summed E-state index contributed by atoms with van der Waals surface area (Å²) in [7, 11) is 0. The number of benzene rings is 2. The van der Waals surface area contributed by atoms with E-state index in [2.05, 4.69) is 67.8 Å². The second kappa shape index (κ2) is 11.7. The zero-order valence-electron chi connectivity index (χ0n) is 16.1. The average molecular weight is 733 g/mol. The third-order valence-electron chi connectivity index (χ3n) is 4.29. The molecule has 2 aromatic rings. The number of halogens is 3. The Labute approximate surface area is 212 Å². The number of amides is 1. The molecule has 0 fully saturated rings. The van der Waals surface area contributed by atoms with Gasteiger partial charge >= 0.3 is 5.97 Å². The Morgan fingerprint density at radius 2 is 1.79 bits per heavy atom. The van der Waals surface area contributed by atoms with Gasteiger partial charge in [0.15, 0.2) is 6.10 Å². The third kappa shape index (κ3) is 6.68. The highest BCUT2D eigenvalue weighted by Crippen LogP contribution is 2.40. The van der Waals surface area contributed by atoms with Crippen molar-refractivity contribution < 1.29 is 19.4 Å². The van der Waals surface area contributed by atoms with Gasteiger partial charge in [0.25, 0.3) is 0 Å². The van der Waals surface area contributed by atoms with Crippen LogP contribution in [0.4, 0.5) is 5.69 Å². The van der Waals surface area contributed by atoms with Crippen LogP contribution < -0.4 is 9.64 Å². The molecule has 2 aromatic carbocycles. The van der Waals surface area contributed by atoms with E-state index in [1.54, 1.807) is 4.90 Å². The van der Waals surface area contributed by atoms with E-state index in [0.29, 0.717) is 18.7 Å². The van der Waals surface area contributed by atoms with Gasteiger partial charge in [-0.2, -0.15) is 0 Å². The number of hydrogen-bond acceptors (Lipinski definition) is 3. The number of carbonyl (C=O) groups excluding carboxylic acids is 1. The molecule has 8 heteroatoms. The highest BCUT2D eigenvalue weighted by atomic mass is 127. The van der Waals surface area contributed by atoms with Gasteiger partial charge in [0, 0.05) is 10.5 Å². The summed E-state index contributed by atoms with van der Waals surface area (Å²) in [6.45, 7) is 3.99. The van der Waals surface area contributed by atoms with E-state index in [4.69, 9.17) is 4.74 Å². The van der Waals surface area contributed by atoms with Crippen LogP contribution >= 0.6 is 67.8 Å². The Kier molecular flexibility index (Phi) is 9.92. The fraction of sp³-hybridized carbons (Fsp3) is 0.333. The van der Waals surface area contributed by atoms with Crippen LogP contribution in [0, 0.1) is 10.7 Å². The molecule has 0 spiro atoms. The maximum atomic E-state index is 12.5. The summed E-state index contributed by atoms with van der Waals surface area (Å²) in [5.41, 5.74) is 1.76. The first-order chi connectivity index (χ1) is 13.8. The second-order valence-corrected chi connectivity index (χ2v) is 9.91. The van der Waals surface area contributed by atoms with Crippen molar-refractivity contribution in [3.63, 3.8) is 0 Å². The fourth-order valence-corrected chi connectivity index (χ4v) is 7.00. The van der Waals surface area contributed by atoms with Gasteiger partial charge in [-0.05, 0) is 92.2 Å². The van der Waals surface area contributed by atoms with Crippen molar-refractivity contribution >= 4 is 85.3 Å². The molecule has 0 heterocycles. The van der Waals surface area contributed by atoms with Gasteiger partial charge < -0.3 is 14.7 Å². The first-order valence-corrected chi connectivity index (χ1v) is 12.4. The number of hydrogen-bond donors (Lipinski definition) is 1. The molecule has 0 radical (unpaired) electrons. The van der Waals surface area contributed by atoms with Crippen LogP contribution in [-0.2, 0) is 16.1 Å². The van der Waals surface area contributed by atoms with Gasteiger partial charge in [0.2, 0.25) is 5.91 Å². The van der Waals surface area contributed by atoms with Crippen LogP contribution in [0.3, 0.4) is 0 Å². The molecule has 1 unspecified atom stereocenters. The normalized spacial score (nSPS) is 11.8. The second-order valence-electron chi connectivity index (χ2n) is 6.51. The molecule has 5 nitrogen and oxygen atoms in total. The van der Waals surface area contributed by atoms with Gasteiger partial charge in [0.1, 0.15) is 5.75 Å². The van der Waals surface area contributed by atoms with Crippen molar-refractivity contribution in [2.45, 2.75) is 45.8 Å². The zero-order valence-corrected chi connectivity index (χ0v) is 22.6. The minimum absolute atomic E-state index is 0.0855. The Morgan fingerprint density at radius 3 is 2.34 bits per heavy atom. The van der Waals surface area contributed by atoms with Crippen LogP contribution in [0.5, 0.6) is 5.75 Å². The lowest BCUT2D eigenvalue weighted by Gasteiger charge is -2.26. The predicted molar refractivity (Wildman–Crippen MR) is 139 cm³/mol. The van der Waals surface area contributed by atoms with Gasteiger partial charge in [0.05, 0.1) is 19.4 Å². The first kappa shape index (κ1) is 24.6. The number of nitrogens with zero attached hydrogens (tertiary/aromatic N) is 1. The summed E-state index contributed by atoms with van der Waals surface area (Å²) in [6.07, 6.45) is 1.20. The highest BCUT2D eigenvalue weighted by molar-refractivity contribution is 14.1. The number of rotatable bonds is 9. The summed E-state index contributed by atoms with van der Waals surface area (Å²) >= 11 is 6.53. The van der Waals surface area contributed by atoms with E-state index in [-0.39, 0.29) is 5.91 Å². The molecule has 1 N–H and O–H groups in total. The van der Waals surface area contributed by atoms with E-state index < -0.39 is 12.1 Å². The van der Waals surface area contributed by atoms with E-state index in [9.17, 15) is 14.7 Å². The van der Waals surface area contributed by atoms with Gasteiger partial charge in [-0.3, -0.25) is 4.79 Å². The van der Waals surface area contributed by atoms with Crippen molar-refractivity contribution in [3.05, 3.63) is 52.7 Å². The molecule has 156 valence electrons. The minimum atomic E-state index is -0.974. The van der Waals surface area contributed by atoms with Gasteiger partial charge in [-0.15, -0.1) is 0 Å². The van der Waals surface area contributed by atoms with Crippen molar-refractivity contribution in [2.75, 3.05) is 4.90 Å². The van der Waals surface area contributed by atoms with E-state index in [1.807, 2.05) is 43.3 Å². The number of anilines is 1. The minimum Gasteiger partial charge on any atom is -0.479 e. The Morgan fingerprint density at radius 1 is 1.14 bits per heavy atom. The third-order valence-corrected chi connectivity index (χ3v) is 6.92. The summed E-state index contributed by atoms with van der Waals surface area (Å²) in [4.78, 5) is 25.9. The lowest BCUT2D eigenvalue weighted by Crippen LogP contribution is -2.31. The van der Waals surface area contributed by atoms with Crippen LogP contribution in [-0.4, -0.2) is 23.1 Å². The summed E-state index contributed by atoms with van der Waals surface area (Å²) < 4.78 is 8.44. The van der Waals surface area contributed by atoms with E-state index in [1.165, 1.54) is 6.92 Å². The average Bonchev–Trinajstić information content (AvgIpc) is 2.66. The van der Waals surface area contributed by atoms with Gasteiger partial charge in [-0.25, -0.2) is 4.79 Å². The van der Waals surface area contributed by atoms with E-state index in [0.717, 1.165) is 34.8 Å². The van der Waals surface area contributed by atoms with Crippen LogP contribution in [0.1, 0.15) is 38.7 Å². The summed E-state index contributed by atoms with van der Waals surface area (Å²) in [6, 6.07) is 11.7. The van der Waals surface area contributed by atoms with Crippen LogP contribution in [0.15, 0.2) is 36.4 Å². The fourth-order valence-electron chi connectivity index (χ4n) is 2.80. The maximum absolute atomic E-state index is 12.5. The van der Waals surface area contributed by atoms with Crippen LogP contribution in [0.25, 0.3) is 0 Å². The zero-order chi connectivity index (χ0) is 21.6. The number of carboxylic acids is 1. The smallest absolute Gasteiger partial charge is 0.344 e. The lowest BCUT2D eigenvalue weighted by molar-refractivity contribution is -0.145. The highest BCUT2D eigenvalue weighted by Gasteiger charge is 2.26. The van der Waals surface area contributed by atoms with Crippen molar-refractivity contribution in [3.8, 4) is 5.75 Å².